The number of benzene rings is 1. The lowest BCUT2D eigenvalue weighted by molar-refractivity contribution is 0.201. The highest BCUT2D eigenvalue weighted by molar-refractivity contribution is 5.46. The Labute approximate surface area is 91.7 Å². The molecule has 1 rings (SSSR count). The summed E-state index contributed by atoms with van der Waals surface area (Å²) in [4.78, 5) is 2.05. The monoisotopic (exact) mass is 208 g/mol. The highest BCUT2D eigenvalue weighted by atomic mass is 16.3. The summed E-state index contributed by atoms with van der Waals surface area (Å²) in [6.45, 7) is 3.34. The number of nitrogens with zero attached hydrogens (tertiary/aromatic N) is 1. The molecule has 1 atom stereocenters. The molecule has 0 aromatic heterocycles. The van der Waals surface area contributed by atoms with E-state index in [2.05, 4.69) is 29.6 Å². The summed E-state index contributed by atoms with van der Waals surface area (Å²) in [6.07, 6.45) is -0.299. The molecule has 0 aliphatic rings. The molecule has 84 valence electrons. The number of hydrogen-bond donors (Lipinski definition) is 2. The van der Waals surface area contributed by atoms with Crippen LogP contribution >= 0.6 is 0 Å². The third-order valence-electron chi connectivity index (χ3n) is 2.30. The fourth-order valence-electron chi connectivity index (χ4n) is 1.57. The highest BCUT2D eigenvalue weighted by Crippen LogP contribution is 2.13. The Morgan fingerprint density at radius 1 is 1.33 bits per heavy atom. The van der Waals surface area contributed by atoms with Crippen LogP contribution in [0.5, 0.6) is 0 Å². The number of aliphatic hydroxyl groups is 1. The number of nitrogens with one attached hydrogen (secondary N) is 1. The maximum absolute atomic E-state index is 9.27. The van der Waals surface area contributed by atoms with Gasteiger partial charge in [0, 0.05) is 25.8 Å². The van der Waals surface area contributed by atoms with Crippen molar-refractivity contribution in [2.24, 2.45) is 0 Å². The third-order valence-corrected chi connectivity index (χ3v) is 2.30. The molecular formula is C12H20N2O. The van der Waals surface area contributed by atoms with Crippen molar-refractivity contribution >= 4 is 5.69 Å². The minimum absolute atomic E-state index is 0.299. The van der Waals surface area contributed by atoms with E-state index in [0.717, 1.165) is 12.2 Å². The maximum atomic E-state index is 9.27. The Morgan fingerprint density at radius 2 is 1.93 bits per heavy atom. The van der Waals surface area contributed by atoms with E-state index in [1.165, 1.54) is 5.56 Å². The fraction of sp³-hybridized carbons (Fsp3) is 0.500. The standard InChI is InChI=1S/C12H20N2O/c1-10(15)9-14(3)12-6-4-11(5-7-12)8-13-2/h4-7,10,13,15H,8-9H2,1-3H3. The Hall–Kier alpha value is -1.06. The first-order valence-electron chi connectivity index (χ1n) is 5.26. The van der Waals surface area contributed by atoms with Gasteiger partial charge < -0.3 is 15.3 Å². The lowest BCUT2D eigenvalue weighted by Crippen LogP contribution is -2.26. The first kappa shape index (κ1) is 12.0. The molecule has 3 nitrogen and oxygen atoms in total. The molecule has 0 aliphatic carbocycles. The van der Waals surface area contributed by atoms with Crippen LogP contribution in [0.15, 0.2) is 24.3 Å². The van der Waals surface area contributed by atoms with E-state index >= 15 is 0 Å². The maximum Gasteiger partial charge on any atom is 0.0686 e. The minimum atomic E-state index is -0.299. The smallest absolute Gasteiger partial charge is 0.0686 e. The molecule has 0 amide bonds. The molecule has 0 heterocycles. The predicted octanol–water partition coefficient (Wildman–Crippen LogP) is 1.22. The van der Waals surface area contributed by atoms with Crippen LogP contribution in [0, 0.1) is 0 Å². The van der Waals surface area contributed by atoms with Crippen molar-refractivity contribution in [3.8, 4) is 0 Å². The quantitative estimate of drug-likeness (QED) is 0.764. The lowest BCUT2D eigenvalue weighted by Gasteiger charge is -2.21. The number of aliphatic hydroxyl groups excluding tert-OH is 1. The molecule has 1 aromatic rings. The van der Waals surface area contributed by atoms with Crippen LogP contribution in [0.3, 0.4) is 0 Å². The molecule has 15 heavy (non-hydrogen) atoms. The molecule has 0 fully saturated rings. The Morgan fingerprint density at radius 3 is 2.40 bits per heavy atom. The van der Waals surface area contributed by atoms with Crippen LogP contribution in [0.2, 0.25) is 0 Å². The molecular weight excluding hydrogens is 188 g/mol. The van der Waals surface area contributed by atoms with Crippen LogP contribution in [-0.4, -0.2) is 31.9 Å². The zero-order valence-corrected chi connectivity index (χ0v) is 9.70. The Bertz CT molecular complexity index is 282. The second-order valence-corrected chi connectivity index (χ2v) is 3.93. The van der Waals surface area contributed by atoms with E-state index in [1.54, 1.807) is 6.92 Å². The van der Waals surface area contributed by atoms with Crippen molar-refractivity contribution in [3.63, 3.8) is 0 Å². The van der Waals surface area contributed by atoms with Crippen molar-refractivity contribution in [1.82, 2.24) is 5.32 Å². The van der Waals surface area contributed by atoms with E-state index in [0.29, 0.717) is 6.54 Å². The summed E-state index contributed by atoms with van der Waals surface area (Å²) in [7, 11) is 3.92. The number of anilines is 1. The topological polar surface area (TPSA) is 35.5 Å². The van der Waals surface area contributed by atoms with Crippen molar-refractivity contribution in [2.45, 2.75) is 19.6 Å². The Kier molecular flexibility index (Phi) is 4.59. The van der Waals surface area contributed by atoms with Crippen molar-refractivity contribution in [1.29, 1.82) is 0 Å². The van der Waals surface area contributed by atoms with Crippen LogP contribution in [0.1, 0.15) is 12.5 Å². The molecule has 0 radical (unpaired) electrons. The number of hydrogen-bond acceptors (Lipinski definition) is 3. The summed E-state index contributed by atoms with van der Waals surface area (Å²) in [5, 5.41) is 12.4. The zero-order chi connectivity index (χ0) is 11.3. The summed E-state index contributed by atoms with van der Waals surface area (Å²) < 4.78 is 0. The molecule has 1 unspecified atom stereocenters. The van der Waals surface area contributed by atoms with Crippen molar-refractivity contribution in [3.05, 3.63) is 29.8 Å². The summed E-state index contributed by atoms with van der Waals surface area (Å²) >= 11 is 0. The van der Waals surface area contributed by atoms with Crippen molar-refractivity contribution in [2.75, 3.05) is 25.5 Å². The van der Waals surface area contributed by atoms with Gasteiger partial charge in [-0.25, -0.2) is 0 Å². The van der Waals surface area contributed by atoms with Crippen molar-refractivity contribution < 1.29 is 5.11 Å². The predicted molar refractivity (Wildman–Crippen MR) is 64.2 cm³/mol. The normalized spacial score (nSPS) is 12.5. The van der Waals surface area contributed by atoms with Crippen LogP contribution in [0.25, 0.3) is 0 Å². The largest absolute Gasteiger partial charge is 0.392 e. The van der Waals surface area contributed by atoms with E-state index in [-0.39, 0.29) is 6.10 Å². The molecule has 0 aliphatic heterocycles. The first-order chi connectivity index (χ1) is 7.13. The van der Waals surface area contributed by atoms with Gasteiger partial charge in [0.25, 0.3) is 0 Å². The van der Waals surface area contributed by atoms with E-state index in [9.17, 15) is 5.11 Å². The second-order valence-electron chi connectivity index (χ2n) is 3.93. The van der Waals surface area contributed by atoms with Gasteiger partial charge >= 0.3 is 0 Å². The zero-order valence-electron chi connectivity index (χ0n) is 9.70. The average Bonchev–Trinajstić information content (AvgIpc) is 2.18. The minimum Gasteiger partial charge on any atom is -0.392 e. The van der Waals surface area contributed by atoms with Gasteiger partial charge in [0.2, 0.25) is 0 Å². The lowest BCUT2D eigenvalue weighted by atomic mass is 10.2. The van der Waals surface area contributed by atoms with Gasteiger partial charge in [-0.3, -0.25) is 0 Å². The SMILES string of the molecule is CNCc1ccc(N(C)CC(C)O)cc1. The molecule has 2 N–H and O–H groups in total. The number of likely N-dealkylation sites (N-methyl/N-ethyl adjacent to an activating group) is 1. The molecule has 0 saturated carbocycles. The second kappa shape index (κ2) is 5.73. The van der Waals surface area contributed by atoms with Gasteiger partial charge in [-0.05, 0) is 31.7 Å². The van der Waals surface area contributed by atoms with E-state index < -0.39 is 0 Å². The van der Waals surface area contributed by atoms with Gasteiger partial charge in [0.1, 0.15) is 0 Å². The van der Waals surface area contributed by atoms with Gasteiger partial charge in [-0.1, -0.05) is 12.1 Å². The molecule has 3 heteroatoms. The van der Waals surface area contributed by atoms with Gasteiger partial charge in [-0.2, -0.15) is 0 Å². The molecule has 0 bridgehead atoms. The summed E-state index contributed by atoms with van der Waals surface area (Å²) in [6, 6.07) is 8.36. The van der Waals surface area contributed by atoms with Gasteiger partial charge in [0.15, 0.2) is 0 Å². The molecule has 0 saturated heterocycles. The van der Waals surface area contributed by atoms with Crippen LogP contribution in [-0.2, 0) is 6.54 Å². The van der Waals surface area contributed by atoms with Gasteiger partial charge in [-0.15, -0.1) is 0 Å². The van der Waals surface area contributed by atoms with Crippen LogP contribution < -0.4 is 10.2 Å². The Balaban J connectivity index is 2.62. The van der Waals surface area contributed by atoms with E-state index in [4.69, 9.17) is 0 Å². The van der Waals surface area contributed by atoms with Crippen LogP contribution in [0.4, 0.5) is 5.69 Å². The fourth-order valence-corrected chi connectivity index (χ4v) is 1.57. The highest BCUT2D eigenvalue weighted by Gasteiger charge is 2.03. The summed E-state index contributed by atoms with van der Waals surface area (Å²) in [5.74, 6) is 0. The first-order valence-corrected chi connectivity index (χ1v) is 5.26. The number of rotatable bonds is 5. The van der Waals surface area contributed by atoms with E-state index in [1.807, 2.05) is 19.0 Å². The third kappa shape index (κ3) is 3.90. The average molecular weight is 208 g/mol. The molecule has 0 spiro atoms. The summed E-state index contributed by atoms with van der Waals surface area (Å²) in [5.41, 5.74) is 2.41. The molecule has 1 aromatic carbocycles. The van der Waals surface area contributed by atoms with Gasteiger partial charge in [0.05, 0.1) is 6.10 Å².